The van der Waals surface area contributed by atoms with Crippen LogP contribution in [0, 0.1) is 5.92 Å². The third-order valence-corrected chi connectivity index (χ3v) is 3.55. The molecule has 6 heteroatoms. The Kier molecular flexibility index (Phi) is 4.55. The lowest BCUT2D eigenvalue weighted by molar-refractivity contribution is -0.274. The molecule has 1 heterocycles. The molecule has 0 bridgehead atoms. The van der Waals surface area contributed by atoms with Crippen LogP contribution in [0.4, 0.5) is 13.2 Å². The largest absolute Gasteiger partial charge is 0.573 e. The topological polar surface area (TPSA) is 32.7 Å². The van der Waals surface area contributed by atoms with Crippen molar-refractivity contribution in [1.29, 1.82) is 0 Å². The van der Waals surface area contributed by atoms with Gasteiger partial charge >= 0.3 is 6.36 Å². The first-order valence-electron chi connectivity index (χ1n) is 6.58. The summed E-state index contributed by atoms with van der Waals surface area (Å²) in [6.07, 6.45) is -4.02. The highest BCUT2D eigenvalue weighted by molar-refractivity contribution is 5.27. The molecule has 3 nitrogen and oxygen atoms in total. The Hall–Kier alpha value is -1.27. The molecule has 1 aromatic carbocycles. The SMILES string of the molecule is CC(O)C1CCN(Cc2ccc(OC(F)(F)F)cc2)C1. The van der Waals surface area contributed by atoms with Gasteiger partial charge in [0, 0.05) is 13.1 Å². The zero-order chi connectivity index (χ0) is 14.8. The van der Waals surface area contributed by atoms with Crippen LogP contribution in [0.15, 0.2) is 24.3 Å². The number of benzene rings is 1. The monoisotopic (exact) mass is 289 g/mol. The normalized spacial score (nSPS) is 21.9. The summed E-state index contributed by atoms with van der Waals surface area (Å²) in [6, 6.07) is 5.92. The smallest absolute Gasteiger partial charge is 0.406 e. The van der Waals surface area contributed by atoms with E-state index in [1.807, 2.05) is 0 Å². The van der Waals surface area contributed by atoms with E-state index in [-0.39, 0.29) is 17.8 Å². The summed E-state index contributed by atoms with van der Waals surface area (Å²) in [5.74, 6) is 0.0763. The molecule has 2 rings (SSSR count). The van der Waals surface area contributed by atoms with Crippen LogP contribution in [-0.4, -0.2) is 35.6 Å². The van der Waals surface area contributed by atoms with E-state index in [9.17, 15) is 18.3 Å². The maximum atomic E-state index is 12.0. The predicted molar refractivity (Wildman–Crippen MR) is 68.2 cm³/mol. The van der Waals surface area contributed by atoms with Crippen LogP contribution in [0.3, 0.4) is 0 Å². The summed E-state index contributed by atoms with van der Waals surface area (Å²) >= 11 is 0. The molecule has 1 aromatic rings. The lowest BCUT2D eigenvalue weighted by Crippen LogP contribution is -2.24. The molecule has 0 saturated carbocycles. The molecule has 112 valence electrons. The molecular weight excluding hydrogens is 271 g/mol. The Morgan fingerprint density at radius 2 is 2.00 bits per heavy atom. The number of aliphatic hydroxyl groups is 1. The van der Waals surface area contributed by atoms with Gasteiger partial charge in [0.25, 0.3) is 0 Å². The van der Waals surface area contributed by atoms with Crippen LogP contribution in [0.25, 0.3) is 0 Å². The summed E-state index contributed by atoms with van der Waals surface area (Å²) in [4.78, 5) is 2.19. The van der Waals surface area contributed by atoms with E-state index < -0.39 is 6.36 Å². The number of ether oxygens (including phenoxy) is 1. The number of hydrogen-bond donors (Lipinski definition) is 1. The molecule has 20 heavy (non-hydrogen) atoms. The summed E-state index contributed by atoms with van der Waals surface area (Å²) in [6.45, 7) is 4.18. The second-order valence-corrected chi connectivity index (χ2v) is 5.22. The fourth-order valence-electron chi connectivity index (χ4n) is 2.45. The van der Waals surface area contributed by atoms with Crippen molar-refractivity contribution in [3.05, 3.63) is 29.8 Å². The maximum Gasteiger partial charge on any atom is 0.573 e. The van der Waals surface area contributed by atoms with Crippen LogP contribution in [0.2, 0.25) is 0 Å². The van der Waals surface area contributed by atoms with E-state index in [0.717, 1.165) is 25.1 Å². The summed E-state index contributed by atoms with van der Waals surface area (Å²) < 4.78 is 39.9. The van der Waals surface area contributed by atoms with Gasteiger partial charge in [0.15, 0.2) is 0 Å². The van der Waals surface area contributed by atoms with Crippen LogP contribution in [-0.2, 0) is 6.54 Å². The standard InChI is InChI=1S/C14H18F3NO2/c1-10(19)12-6-7-18(9-12)8-11-2-4-13(5-3-11)20-14(15,16)17/h2-5,10,12,19H,6-9H2,1H3. The van der Waals surface area contributed by atoms with Gasteiger partial charge in [-0.1, -0.05) is 12.1 Å². The molecule has 0 amide bonds. The Morgan fingerprint density at radius 1 is 1.35 bits per heavy atom. The Balaban J connectivity index is 1.88. The molecule has 0 radical (unpaired) electrons. The van der Waals surface area contributed by atoms with E-state index in [1.54, 1.807) is 19.1 Å². The number of hydrogen-bond acceptors (Lipinski definition) is 3. The molecule has 1 aliphatic heterocycles. The molecule has 2 atom stereocenters. The van der Waals surface area contributed by atoms with E-state index in [0.29, 0.717) is 6.54 Å². The second-order valence-electron chi connectivity index (χ2n) is 5.22. The van der Waals surface area contributed by atoms with Gasteiger partial charge in [-0.25, -0.2) is 0 Å². The highest BCUT2D eigenvalue weighted by Crippen LogP contribution is 2.25. The third-order valence-electron chi connectivity index (χ3n) is 3.55. The van der Waals surface area contributed by atoms with Crippen LogP contribution in [0.5, 0.6) is 5.75 Å². The van der Waals surface area contributed by atoms with Crippen molar-refractivity contribution >= 4 is 0 Å². The van der Waals surface area contributed by atoms with Crippen molar-refractivity contribution in [3.63, 3.8) is 0 Å². The molecule has 0 aromatic heterocycles. The maximum absolute atomic E-state index is 12.0. The van der Waals surface area contributed by atoms with Crippen molar-refractivity contribution in [2.24, 2.45) is 5.92 Å². The second kappa shape index (κ2) is 6.01. The van der Waals surface area contributed by atoms with E-state index >= 15 is 0 Å². The molecule has 1 saturated heterocycles. The van der Waals surface area contributed by atoms with Crippen molar-refractivity contribution < 1.29 is 23.0 Å². The number of nitrogens with zero attached hydrogens (tertiary/aromatic N) is 1. The molecule has 0 spiro atoms. The number of alkyl halides is 3. The van der Waals surface area contributed by atoms with E-state index in [4.69, 9.17) is 0 Å². The quantitative estimate of drug-likeness (QED) is 0.925. The lowest BCUT2D eigenvalue weighted by Gasteiger charge is -2.17. The number of halogens is 3. The highest BCUT2D eigenvalue weighted by Gasteiger charge is 2.31. The zero-order valence-corrected chi connectivity index (χ0v) is 11.2. The fraction of sp³-hybridized carbons (Fsp3) is 0.571. The Morgan fingerprint density at radius 3 is 2.50 bits per heavy atom. The molecule has 1 N–H and O–H groups in total. The summed E-state index contributed by atoms with van der Waals surface area (Å²) in [7, 11) is 0. The first-order chi connectivity index (χ1) is 9.33. The Labute approximate surface area is 116 Å². The third kappa shape index (κ3) is 4.38. The number of rotatable bonds is 4. The van der Waals surface area contributed by atoms with Gasteiger partial charge in [0.05, 0.1) is 6.10 Å². The number of aliphatic hydroxyl groups excluding tert-OH is 1. The summed E-state index contributed by atoms with van der Waals surface area (Å²) in [5.41, 5.74) is 0.936. The van der Waals surface area contributed by atoms with Crippen LogP contribution < -0.4 is 4.74 Å². The zero-order valence-electron chi connectivity index (χ0n) is 11.2. The molecule has 2 unspecified atom stereocenters. The van der Waals surface area contributed by atoms with Crippen LogP contribution >= 0.6 is 0 Å². The molecular formula is C14H18F3NO2. The van der Waals surface area contributed by atoms with E-state index in [1.165, 1.54) is 12.1 Å². The van der Waals surface area contributed by atoms with E-state index in [2.05, 4.69) is 9.64 Å². The number of likely N-dealkylation sites (tertiary alicyclic amines) is 1. The van der Waals surface area contributed by atoms with Gasteiger partial charge in [0.2, 0.25) is 0 Å². The minimum Gasteiger partial charge on any atom is -0.406 e. The predicted octanol–water partition coefficient (Wildman–Crippen LogP) is 2.79. The van der Waals surface area contributed by atoms with Gasteiger partial charge in [0.1, 0.15) is 5.75 Å². The van der Waals surface area contributed by atoms with Crippen molar-refractivity contribution in [2.75, 3.05) is 13.1 Å². The molecule has 1 aliphatic rings. The van der Waals surface area contributed by atoms with Gasteiger partial charge in [-0.2, -0.15) is 0 Å². The van der Waals surface area contributed by atoms with Gasteiger partial charge in [-0.3, -0.25) is 4.90 Å². The van der Waals surface area contributed by atoms with Gasteiger partial charge in [-0.05, 0) is 43.5 Å². The first kappa shape index (κ1) is 15.1. The first-order valence-corrected chi connectivity index (χ1v) is 6.58. The molecule has 0 aliphatic carbocycles. The van der Waals surface area contributed by atoms with Crippen molar-refractivity contribution in [3.8, 4) is 5.75 Å². The fourth-order valence-corrected chi connectivity index (χ4v) is 2.45. The van der Waals surface area contributed by atoms with Gasteiger partial charge in [-0.15, -0.1) is 13.2 Å². The average molecular weight is 289 g/mol. The lowest BCUT2D eigenvalue weighted by atomic mass is 10.0. The minimum absolute atomic E-state index is 0.204. The van der Waals surface area contributed by atoms with Crippen LogP contribution in [0.1, 0.15) is 18.9 Å². The Bertz CT molecular complexity index is 431. The summed E-state index contributed by atoms with van der Waals surface area (Å²) in [5, 5.41) is 9.53. The van der Waals surface area contributed by atoms with Gasteiger partial charge < -0.3 is 9.84 Å². The average Bonchev–Trinajstić information content (AvgIpc) is 2.78. The minimum atomic E-state index is -4.65. The molecule has 1 fully saturated rings. The highest BCUT2D eigenvalue weighted by atomic mass is 19.4. The van der Waals surface area contributed by atoms with Crippen molar-refractivity contribution in [2.45, 2.75) is 32.4 Å². The van der Waals surface area contributed by atoms with Crippen molar-refractivity contribution in [1.82, 2.24) is 4.90 Å².